The predicted octanol–water partition coefficient (Wildman–Crippen LogP) is 3.11. The minimum absolute atomic E-state index is 0.0115. The highest BCUT2D eigenvalue weighted by Crippen LogP contribution is 2.47. The van der Waals surface area contributed by atoms with E-state index in [2.05, 4.69) is 27.3 Å². The molecule has 1 saturated heterocycles. The summed E-state index contributed by atoms with van der Waals surface area (Å²) in [5.41, 5.74) is 10.5. The third kappa shape index (κ3) is 2.83. The summed E-state index contributed by atoms with van der Waals surface area (Å²) in [6.07, 6.45) is 3.74. The Morgan fingerprint density at radius 1 is 1.18 bits per heavy atom. The van der Waals surface area contributed by atoms with E-state index in [1.54, 1.807) is 0 Å². The van der Waals surface area contributed by atoms with Crippen molar-refractivity contribution in [2.45, 2.75) is 31.3 Å². The standard InChI is InChI=1S/C23H24N4O/c1-15-6-7-17(27-13-16(24)14-27)12-19(15)22(28)26-23(9-10-23)20-8-11-25-21-5-3-2-4-18(20)21/h2-8,11-12,16H,9-10,13-14,24H2,1H3,(H,26,28). The lowest BCUT2D eigenvalue weighted by Crippen LogP contribution is -2.55. The largest absolute Gasteiger partial charge is 0.368 e. The van der Waals surface area contributed by atoms with Gasteiger partial charge in [0.15, 0.2) is 0 Å². The normalized spacial score (nSPS) is 18.0. The summed E-state index contributed by atoms with van der Waals surface area (Å²) < 4.78 is 0. The van der Waals surface area contributed by atoms with Crippen LogP contribution in [0, 0.1) is 6.92 Å². The van der Waals surface area contributed by atoms with Crippen molar-refractivity contribution in [3.05, 3.63) is 71.4 Å². The molecule has 28 heavy (non-hydrogen) atoms. The third-order valence-electron chi connectivity index (χ3n) is 6.01. The zero-order valence-corrected chi connectivity index (χ0v) is 16.0. The summed E-state index contributed by atoms with van der Waals surface area (Å²) in [5, 5.41) is 4.45. The van der Waals surface area contributed by atoms with Gasteiger partial charge in [-0.3, -0.25) is 9.78 Å². The van der Waals surface area contributed by atoms with Gasteiger partial charge in [0.05, 0.1) is 11.1 Å². The van der Waals surface area contributed by atoms with Gasteiger partial charge in [-0.2, -0.15) is 0 Å². The van der Waals surface area contributed by atoms with E-state index in [4.69, 9.17) is 5.73 Å². The fraction of sp³-hybridized carbons (Fsp3) is 0.304. The van der Waals surface area contributed by atoms with Crippen molar-refractivity contribution >= 4 is 22.5 Å². The number of nitrogens with one attached hydrogen (secondary N) is 1. The molecule has 0 atom stereocenters. The van der Waals surface area contributed by atoms with Gasteiger partial charge in [0.1, 0.15) is 0 Å². The highest BCUT2D eigenvalue weighted by molar-refractivity contribution is 5.98. The minimum Gasteiger partial charge on any atom is -0.368 e. The van der Waals surface area contributed by atoms with Gasteiger partial charge in [-0.1, -0.05) is 24.3 Å². The summed E-state index contributed by atoms with van der Waals surface area (Å²) in [6, 6.07) is 16.5. The second kappa shape index (κ2) is 6.31. The van der Waals surface area contributed by atoms with Crippen molar-refractivity contribution in [3.8, 4) is 0 Å². The number of benzene rings is 2. The molecule has 0 spiro atoms. The number of nitrogens with zero attached hydrogens (tertiary/aromatic N) is 2. The van der Waals surface area contributed by atoms with Crippen molar-refractivity contribution in [2.24, 2.45) is 5.73 Å². The fourth-order valence-corrected chi connectivity index (χ4v) is 4.16. The molecule has 142 valence electrons. The number of para-hydroxylation sites is 1. The Morgan fingerprint density at radius 3 is 2.71 bits per heavy atom. The summed E-state index contributed by atoms with van der Waals surface area (Å²) in [5.74, 6) is -0.0115. The molecular formula is C23H24N4O. The van der Waals surface area contributed by atoms with Crippen LogP contribution in [0.2, 0.25) is 0 Å². The average Bonchev–Trinajstić information content (AvgIpc) is 3.46. The first-order valence-electron chi connectivity index (χ1n) is 9.84. The van der Waals surface area contributed by atoms with E-state index in [1.165, 1.54) is 0 Å². The highest BCUT2D eigenvalue weighted by atomic mass is 16.1. The Labute approximate surface area is 164 Å². The number of aryl methyl sites for hydroxylation is 1. The summed E-state index contributed by atoms with van der Waals surface area (Å²) in [6.45, 7) is 3.68. The van der Waals surface area contributed by atoms with E-state index in [-0.39, 0.29) is 17.5 Å². The van der Waals surface area contributed by atoms with Crippen LogP contribution in [0.25, 0.3) is 10.9 Å². The quantitative estimate of drug-likeness (QED) is 0.738. The van der Waals surface area contributed by atoms with E-state index < -0.39 is 0 Å². The minimum atomic E-state index is -0.290. The van der Waals surface area contributed by atoms with Gasteiger partial charge in [-0.05, 0) is 55.2 Å². The van der Waals surface area contributed by atoms with Crippen LogP contribution in [0.1, 0.15) is 34.3 Å². The lowest BCUT2D eigenvalue weighted by atomic mass is 9.98. The van der Waals surface area contributed by atoms with Gasteiger partial charge in [-0.25, -0.2) is 0 Å². The maximum absolute atomic E-state index is 13.2. The summed E-state index contributed by atoms with van der Waals surface area (Å²) >= 11 is 0. The SMILES string of the molecule is Cc1ccc(N2CC(N)C2)cc1C(=O)NC1(c2ccnc3ccccc23)CC1. The molecule has 5 rings (SSSR count). The molecule has 1 amide bonds. The molecule has 2 aliphatic rings. The maximum atomic E-state index is 13.2. The van der Waals surface area contributed by atoms with Gasteiger partial charge in [-0.15, -0.1) is 0 Å². The Morgan fingerprint density at radius 2 is 1.96 bits per heavy atom. The number of carbonyl (C=O) groups is 1. The molecule has 1 aliphatic heterocycles. The highest BCUT2D eigenvalue weighted by Gasteiger charge is 2.47. The number of carbonyl (C=O) groups excluding carboxylic acids is 1. The van der Waals surface area contributed by atoms with Gasteiger partial charge in [0, 0.05) is 42.0 Å². The lowest BCUT2D eigenvalue weighted by Gasteiger charge is -2.39. The molecule has 2 fully saturated rings. The van der Waals surface area contributed by atoms with Crippen molar-refractivity contribution in [1.82, 2.24) is 10.3 Å². The van der Waals surface area contributed by atoms with E-state index in [1.807, 2.05) is 49.5 Å². The molecule has 1 aliphatic carbocycles. The van der Waals surface area contributed by atoms with Crippen molar-refractivity contribution in [3.63, 3.8) is 0 Å². The van der Waals surface area contributed by atoms with Crippen molar-refractivity contribution in [1.29, 1.82) is 0 Å². The number of pyridine rings is 1. The monoisotopic (exact) mass is 372 g/mol. The Bertz CT molecular complexity index is 1060. The number of hydrogen-bond donors (Lipinski definition) is 2. The van der Waals surface area contributed by atoms with Gasteiger partial charge < -0.3 is 16.0 Å². The molecular weight excluding hydrogens is 348 g/mol. The lowest BCUT2D eigenvalue weighted by molar-refractivity contribution is 0.0930. The molecule has 1 aromatic heterocycles. The summed E-state index contributed by atoms with van der Waals surface area (Å²) in [4.78, 5) is 19.9. The second-order valence-electron chi connectivity index (χ2n) is 8.08. The Balaban J connectivity index is 1.45. The van der Waals surface area contributed by atoms with Crippen LogP contribution >= 0.6 is 0 Å². The Kier molecular flexibility index (Phi) is 3.88. The smallest absolute Gasteiger partial charge is 0.252 e. The molecule has 3 N–H and O–H groups in total. The number of rotatable bonds is 4. The van der Waals surface area contributed by atoms with E-state index in [0.717, 1.165) is 59.2 Å². The van der Waals surface area contributed by atoms with Crippen LogP contribution in [-0.2, 0) is 5.54 Å². The van der Waals surface area contributed by atoms with Crippen LogP contribution in [0.3, 0.4) is 0 Å². The molecule has 0 bridgehead atoms. The molecule has 0 radical (unpaired) electrons. The first-order chi connectivity index (χ1) is 13.6. The fourth-order valence-electron chi connectivity index (χ4n) is 4.16. The third-order valence-corrected chi connectivity index (χ3v) is 6.01. The average molecular weight is 372 g/mol. The number of hydrogen-bond acceptors (Lipinski definition) is 4. The predicted molar refractivity (Wildman–Crippen MR) is 111 cm³/mol. The zero-order valence-electron chi connectivity index (χ0n) is 16.0. The number of fused-ring (bicyclic) bond motifs is 1. The van der Waals surface area contributed by atoms with E-state index in [9.17, 15) is 4.79 Å². The van der Waals surface area contributed by atoms with Crippen molar-refractivity contribution < 1.29 is 4.79 Å². The number of aromatic nitrogens is 1. The van der Waals surface area contributed by atoms with E-state index in [0.29, 0.717) is 0 Å². The molecule has 5 nitrogen and oxygen atoms in total. The molecule has 1 saturated carbocycles. The second-order valence-corrected chi connectivity index (χ2v) is 8.08. The van der Waals surface area contributed by atoms with Crippen LogP contribution in [0.5, 0.6) is 0 Å². The van der Waals surface area contributed by atoms with Gasteiger partial charge >= 0.3 is 0 Å². The molecule has 2 heterocycles. The zero-order chi connectivity index (χ0) is 19.3. The maximum Gasteiger partial charge on any atom is 0.252 e. The first-order valence-corrected chi connectivity index (χ1v) is 9.84. The molecule has 0 unspecified atom stereocenters. The van der Waals surface area contributed by atoms with Crippen LogP contribution < -0.4 is 16.0 Å². The number of amides is 1. The number of nitrogens with two attached hydrogens (primary N) is 1. The van der Waals surface area contributed by atoms with E-state index >= 15 is 0 Å². The van der Waals surface area contributed by atoms with Gasteiger partial charge in [0.2, 0.25) is 0 Å². The van der Waals surface area contributed by atoms with Gasteiger partial charge in [0.25, 0.3) is 5.91 Å². The van der Waals surface area contributed by atoms with Crippen LogP contribution in [-0.4, -0.2) is 30.0 Å². The Hall–Kier alpha value is -2.92. The van der Waals surface area contributed by atoms with Crippen LogP contribution in [0.15, 0.2) is 54.7 Å². The number of anilines is 1. The van der Waals surface area contributed by atoms with Crippen molar-refractivity contribution in [2.75, 3.05) is 18.0 Å². The molecule has 3 aromatic rings. The summed E-state index contributed by atoms with van der Waals surface area (Å²) in [7, 11) is 0. The topological polar surface area (TPSA) is 71.2 Å². The molecule has 2 aromatic carbocycles. The molecule has 5 heteroatoms. The first kappa shape index (κ1) is 17.2. The van der Waals surface area contributed by atoms with Crippen LogP contribution in [0.4, 0.5) is 5.69 Å².